The van der Waals surface area contributed by atoms with Crippen molar-refractivity contribution >= 4 is 6.03 Å². The molecule has 1 aromatic heterocycles. The van der Waals surface area contributed by atoms with E-state index < -0.39 is 0 Å². The Morgan fingerprint density at radius 3 is 2.39 bits per heavy atom. The van der Waals surface area contributed by atoms with Crippen LogP contribution in [0.4, 0.5) is 4.79 Å². The van der Waals surface area contributed by atoms with E-state index in [1.165, 1.54) is 0 Å². The first-order chi connectivity index (χ1) is 15.2. The number of benzene rings is 2. The summed E-state index contributed by atoms with van der Waals surface area (Å²) in [6.07, 6.45) is 6.68. The molecule has 5 N–H and O–H groups in total. The Hall–Kier alpha value is -3.12. The Morgan fingerprint density at radius 2 is 1.71 bits per heavy atom. The second-order valence-electron chi connectivity index (χ2n) is 8.35. The number of hydrogen-bond donors (Lipinski definition) is 4. The van der Waals surface area contributed by atoms with E-state index in [-0.39, 0.29) is 18.1 Å². The fourth-order valence-electron chi connectivity index (χ4n) is 4.27. The minimum atomic E-state index is -0.250. The monoisotopic (exact) mass is 417 g/mol. The molecule has 0 radical (unpaired) electrons. The fourth-order valence-corrected chi connectivity index (χ4v) is 4.27. The summed E-state index contributed by atoms with van der Waals surface area (Å²) in [6, 6.07) is 20.0. The predicted octanol–water partition coefficient (Wildman–Crippen LogP) is 4.18. The third-order valence-electron chi connectivity index (χ3n) is 6.10. The SMILES string of the molecule is NC[C@H]1CC[C@H](NC(=O)N[C@@H](Cc2ccccc2)c2nc(-c3ccccc3)c[nH]2)CC1. The molecule has 162 valence electrons. The van der Waals surface area contributed by atoms with E-state index in [1.54, 1.807) is 0 Å². The van der Waals surface area contributed by atoms with Crippen LogP contribution in [-0.2, 0) is 6.42 Å². The predicted molar refractivity (Wildman–Crippen MR) is 123 cm³/mol. The molecule has 0 bridgehead atoms. The maximum Gasteiger partial charge on any atom is 0.315 e. The number of nitrogens with two attached hydrogens (primary N) is 1. The van der Waals surface area contributed by atoms with E-state index in [1.807, 2.05) is 54.7 Å². The zero-order chi connectivity index (χ0) is 21.5. The van der Waals surface area contributed by atoms with E-state index in [9.17, 15) is 4.79 Å². The maximum atomic E-state index is 12.8. The summed E-state index contributed by atoms with van der Waals surface area (Å²) in [4.78, 5) is 20.9. The number of rotatable bonds is 7. The molecule has 6 heteroatoms. The van der Waals surface area contributed by atoms with Gasteiger partial charge in [0, 0.05) is 17.8 Å². The molecule has 0 saturated heterocycles. The van der Waals surface area contributed by atoms with E-state index >= 15 is 0 Å². The van der Waals surface area contributed by atoms with Gasteiger partial charge in [0.15, 0.2) is 0 Å². The number of carbonyl (C=O) groups excluding carboxylic acids is 1. The molecule has 1 heterocycles. The number of H-pyrrole nitrogens is 1. The van der Waals surface area contributed by atoms with Gasteiger partial charge in [0.05, 0.1) is 11.7 Å². The number of imidazole rings is 1. The largest absolute Gasteiger partial charge is 0.346 e. The van der Waals surface area contributed by atoms with Crippen LogP contribution in [0.2, 0.25) is 0 Å². The Balaban J connectivity index is 1.46. The standard InChI is InChI=1S/C25H31N5O/c26-16-19-11-13-21(14-12-19)28-25(31)30-22(15-18-7-3-1-4-8-18)24-27-17-23(29-24)20-9-5-2-6-10-20/h1-10,17,19,21-22H,11-16,26H2,(H,27,29)(H2,28,30,31)/t19-,21-,22-/m0/s1. The third kappa shape index (κ3) is 5.73. The summed E-state index contributed by atoms with van der Waals surface area (Å²) in [5.74, 6) is 1.34. The molecule has 2 amide bonds. The smallest absolute Gasteiger partial charge is 0.315 e. The molecule has 1 saturated carbocycles. The Morgan fingerprint density at radius 1 is 1.03 bits per heavy atom. The number of aromatic nitrogens is 2. The van der Waals surface area contributed by atoms with E-state index in [0.29, 0.717) is 12.3 Å². The lowest BCUT2D eigenvalue weighted by Crippen LogP contribution is -2.45. The zero-order valence-electron chi connectivity index (χ0n) is 17.8. The van der Waals surface area contributed by atoms with Gasteiger partial charge in [-0.25, -0.2) is 9.78 Å². The summed E-state index contributed by atoms with van der Waals surface area (Å²) in [7, 11) is 0. The minimum Gasteiger partial charge on any atom is -0.346 e. The van der Waals surface area contributed by atoms with Gasteiger partial charge in [0.25, 0.3) is 0 Å². The highest BCUT2D eigenvalue weighted by atomic mass is 16.2. The van der Waals surface area contributed by atoms with Crippen LogP contribution in [0.5, 0.6) is 0 Å². The highest BCUT2D eigenvalue weighted by Gasteiger charge is 2.24. The van der Waals surface area contributed by atoms with Crippen molar-refractivity contribution in [3.05, 3.63) is 78.2 Å². The first-order valence-corrected chi connectivity index (χ1v) is 11.1. The van der Waals surface area contributed by atoms with Gasteiger partial charge < -0.3 is 21.4 Å². The van der Waals surface area contributed by atoms with Crippen molar-refractivity contribution in [2.24, 2.45) is 11.7 Å². The third-order valence-corrected chi connectivity index (χ3v) is 6.10. The Bertz CT molecular complexity index is 948. The van der Waals surface area contributed by atoms with E-state index in [2.05, 4.69) is 27.8 Å². The number of urea groups is 1. The highest BCUT2D eigenvalue weighted by Crippen LogP contribution is 2.24. The minimum absolute atomic E-state index is 0.144. The van der Waals surface area contributed by atoms with Gasteiger partial charge in [-0.15, -0.1) is 0 Å². The summed E-state index contributed by atoms with van der Waals surface area (Å²) in [5.41, 5.74) is 8.85. The first-order valence-electron chi connectivity index (χ1n) is 11.1. The molecule has 31 heavy (non-hydrogen) atoms. The summed E-state index contributed by atoms with van der Waals surface area (Å²) >= 11 is 0. The van der Waals surface area contributed by atoms with Gasteiger partial charge in [-0.05, 0) is 50.1 Å². The number of carbonyl (C=O) groups is 1. The van der Waals surface area contributed by atoms with Gasteiger partial charge in [-0.2, -0.15) is 0 Å². The number of nitrogens with one attached hydrogen (secondary N) is 3. The molecular weight excluding hydrogens is 386 g/mol. The molecule has 0 spiro atoms. The molecule has 6 nitrogen and oxygen atoms in total. The quantitative estimate of drug-likeness (QED) is 0.464. The van der Waals surface area contributed by atoms with Crippen LogP contribution < -0.4 is 16.4 Å². The maximum absolute atomic E-state index is 12.8. The fraction of sp³-hybridized carbons (Fsp3) is 0.360. The summed E-state index contributed by atoms with van der Waals surface area (Å²) < 4.78 is 0. The molecular formula is C25H31N5O. The lowest BCUT2D eigenvalue weighted by atomic mass is 9.86. The first kappa shape index (κ1) is 21.1. The van der Waals surface area contributed by atoms with Crippen LogP contribution in [0.15, 0.2) is 66.9 Å². The van der Waals surface area contributed by atoms with Crippen molar-refractivity contribution in [1.29, 1.82) is 0 Å². The topological polar surface area (TPSA) is 95.8 Å². The van der Waals surface area contributed by atoms with Crippen LogP contribution in [0, 0.1) is 5.92 Å². The van der Waals surface area contributed by atoms with Crippen LogP contribution >= 0.6 is 0 Å². The number of nitrogens with zero attached hydrogens (tertiary/aromatic N) is 1. The highest BCUT2D eigenvalue weighted by molar-refractivity contribution is 5.74. The van der Waals surface area contributed by atoms with Crippen molar-refractivity contribution in [2.75, 3.05) is 6.54 Å². The molecule has 1 fully saturated rings. The molecule has 2 aromatic carbocycles. The van der Waals surface area contributed by atoms with Crippen molar-refractivity contribution < 1.29 is 4.79 Å². The lowest BCUT2D eigenvalue weighted by molar-refractivity contribution is 0.223. The summed E-state index contributed by atoms with van der Waals surface area (Å²) in [5, 5.41) is 6.31. The number of aromatic amines is 1. The summed E-state index contributed by atoms with van der Waals surface area (Å²) in [6.45, 7) is 0.736. The molecule has 0 unspecified atom stereocenters. The molecule has 3 aromatic rings. The van der Waals surface area contributed by atoms with Crippen molar-refractivity contribution in [3.8, 4) is 11.3 Å². The zero-order valence-corrected chi connectivity index (χ0v) is 17.8. The second-order valence-corrected chi connectivity index (χ2v) is 8.35. The Kier molecular flexibility index (Phi) is 6.99. The molecule has 1 aliphatic carbocycles. The van der Waals surface area contributed by atoms with Crippen LogP contribution in [0.1, 0.15) is 43.1 Å². The van der Waals surface area contributed by atoms with Gasteiger partial charge in [0.2, 0.25) is 0 Å². The van der Waals surface area contributed by atoms with E-state index in [4.69, 9.17) is 10.7 Å². The van der Waals surface area contributed by atoms with Crippen molar-refractivity contribution in [2.45, 2.75) is 44.2 Å². The molecule has 1 atom stereocenters. The van der Waals surface area contributed by atoms with Crippen LogP contribution in [0.3, 0.4) is 0 Å². The lowest BCUT2D eigenvalue weighted by Gasteiger charge is -2.29. The van der Waals surface area contributed by atoms with Crippen molar-refractivity contribution in [3.63, 3.8) is 0 Å². The van der Waals surface area contributed by atoms with Crippen LogP contribution in [-0.4, -0.2) is 28.6 Å². The normalized spacial score (nSPS) is 19.5. The van der Waals surface area contributed by atoms with E-state index in [0.717, 1.165) is 54.9 Å². The van der Waals surface area contributed by atoms with Crippen LogP contribution in [0.25, 0.3) is 11.3 Å². The van der Waals surface area contributed by atoms with Gasteiger partial charge in [-0.1, -0.05) is 60.7 Å². The average molecular weight is 418 g/mol. The van der Waals surface area contributed by atoms with Crippen molar-refractivity contribution in [1.82, 2.24) is 20.6 Å². The average Bonchev–Trinajstić information content (AvgIpc) is 3.31. The second kappa shape index (κ2) is 10.3. The Labute approximate surface area is 183 Å². The number of amides is 2. The molecule has 0 aliphatic heterocycles. The van der Waals surface area contributed by atoms with Gasteiger partial charge >= 0.3 is 6.03 Å². The van der Waals surface area contributed by atoms with Gasteiger partial charge in [-0.3, -0.25) is 0 Å². The van der Waals surface area contributed by atoms with Gasteiger partial charge in [0.1, 0.15) is 5.82 Å². The molecule has 1 aliphatic rings. The number of hydrogen-bond acceptors (Lipinski definition) is 3. The molecule has 4 rings (SSSR count).